The van der Waals surface area contributed by atoms with Crippen LogP contribution >= 0.6 is 22.9 Å². The van der Waals surface area contributed by atoms with Crippen LogP contribution in [0.15, 0.2) is 66.7 Å². The van der Waals surface area contributed by atoms with Gasteiger partial charge < -0.3 is 5.32 Å². The third-order valence-electron chi connectivity index (χ3n) is 4.77. The van der Waals surface area contributed by atoms with Crippen LogP contribution in [0.25, 0.3) is 20.8 Å². The molecule has 1 aromatic heterocycles. The maximum atomic E-state index is 12.7. The minimum Gasteiger partial charge on any atom is -0.321 e. The summed E-state index contributed by atoms with van der Waals surface area (Å²) in [6.07, 6.45) is 0. The third kappa shape index (κ3) is 4.19. The fourth-order valence-corrected chi connectivity index (χ4v) is 4.19. The molecular formula is C24H21ClN2OS. The Hall–Kier alpha value is -2.69. The molecular weight excluding hydrogens is 400 g/mol. The summed E-state index contributed by atoms with van der Waals surface area (Å²) in [4.78, 5) is 17.4. The fourth-order valence-electron chi connectivity index (χ4n) is 3.07. The van der Waals surface area contributed by atoms with E-state index in [0.29, 0.717) is 16.3 Å². The fraction of sp³-hybridized carbons (Fsp3) is 0.167. The number of rotatable bonds is 3. The van der Waals surface area contributed by atoms with Crippen molar-refractivity contribution in [2.45, 2.75) is 26.2 Å². The number of halogens is 1. The monoisotopic (exact) mass is 420 g/mol. The highest BCUT2D eigenvalue weighted by atomic mass is 35.5. The van der Waals surface area contributed by atoms with Crippen molar-refractivity contribution < 1.29 is 4.79 Å². The highest BCUT2D eigenvalue weighted by Crippen LogP contribution is 2.34. The van der Waals surface area contributed by atoms with E-state index in [9.17, 15) is 4.79 Å². The van der Waals surface area contributed by atoms with Gasteiger partial charge in [0.2, 0.25) is 0 Å². The molecule has 0 aliphatic rings. The molecule has 1 heterocycles. The molecule has 1 N–H and O–H groups in total. The van der Waals surface area contributed by atoms with E-state index in [4.69, 9.17) is 11.6 Å². The Balaban J connectivity index is 1.60. The lowest BCUT2D eigenvalue weighted by molar-refractivity contribution is 0.102. The van der Waals surface area contributed by atoms with E-state index in [1.165, 1.54) is 5.56 Å². The Labute approximate surface area is 179 Å². The summed E-state index contributed by atoms with van der Waals surface area (Å²) >= 11 is 7.96. The number of para-hydroxylation sites is 1. The van der Waals surface area contributed by atoms with E-state index in [1.807, 2.05) is 54.6 Å². The van der Waals surface area contributed by atoms with Gasteiger partial charge in [0, 0.05) is 11.1 Å². The number of anilines is 1. The molecule has 0 aliphatic heterocycles. The summed E-state index contributed by atoms with van der Waals surface area (Å²) in [6, 6.07) is 21.3. The number of aromatic nitrogens is 1. The Morgan fingerprint density at radius 2 is 1.72 bits per heavy atom. The molecule has 0 bridgehead atoms. The van der Waals surface area contributed by atoms with E-state index in [1.54, 1.807) is 17.4 Å². The highest BCUT2D eigenvalue weighted by Gasteiger charge is 2.15. The Bertz CT molecular complexity index is 1160. The van der Waals surface area contributed by atoms with E-state index >= 15 is 0 Å². The van der Waals surface area contributed by atoms with Crippen LogP contribution < -0.4 is 5.32 Å². The van der Waals surface area contributed by atoms with Crippen LogP contribution in [0, 0.1) is 0 Å². The predicted octanol–water partition coefficient (Wildman–Crippen LogP) is 7.17. The maximum absolute atomic E-state index is 12.7. The zero-order chi connectivity index (χ0) is 20.6. The summed E-state index contributed by atoms with van der Waals surface area (Å²) in [5, 5.41) is 4.33. The number of carbonyl (C=O) groups is 1. The topological polar surface area (TPSA) is 42.0 Å². The summed E-state index contributed by atoms with van der Waals surface area (Å²) in [7, 11) is 0. The first-order chi connectivity index (χ1) is 13.8. The quantitative estimate of drug-likeness (QED) is 0.381. The van der Waals surface area contributed by atoms with Crippen LogP contribution in [0.3, 0.4) is 0 Å². The van der Waals surface area contributed by atoms with Crippen molar-refractivity contribution >= 4 is 44.7 Å². The number of fused-ring (bicyclic) bond motifs is 1. The summed E-state index contributed by atoms with van der Waals surface area (Å²) in [5.74, 6) is -0.186. The molecule has 0 unspecified atom stereocenters. The van der Waals surface area contributed by atoms with Crippen molar-refractivity contribution in [3.63, 3.8) is 0 Å². The zero-order valence-electron chi connectivity index (χ0n) is 16.5. The number of amides is 1. The summed E-state index contributed by atoms with van der Waals surface area (Å²) < 4.78 is 1.13. The number of nitrogens with zero attached hydrogens (tertiary/aromatic N) is 1. The number of benzene rings is 3. The van der Waals surface area contributed by atoms with Crippen LogP contribution in [-0.4, -0.2) is 10.9 Å². The lowest BCUT2D eigenvalue weighted by Crippen LogP contribution is -2.14. The van der Waals surface area contributed by atoms with Gasteiger partial charge in [0.15, 0.2) is 0 Å². The van der Waals surface area contributed by atoms with Gasteiger partial charge in [-0.3, -0.25) is 4.79 Å². The molecule has 0 radical (unpaired) electrons. The molecule has 3 nitrogen and oxygen atoms in total. The molecule has 1 amide bonds. The molecule has 146 valence electrons. The molecule has 0 aliphatic carbocycles. The average Bonchev–Trinajstić information content (AvgIpc) is 3.13. The maximum Gasteiger partial charge on any atom is 0.255 e. The van der Waals surface area contributed by atoms with Gasteiger partial charge in [-0.1, -0.05) is 62.7 Å². The first-order valence-corrected chi connectivity index (χ1v) is 10.6. The number of hydrogen-bond acceptors (Lipinski definition) is 3. The smallest absolute Gasteiger partial charge is 0.255 e. The van der Waals surface area contributed by atoms with Gasteiger partial charge in [0.05, 0.1) is 20.9 Å². The van der Waals surface area contributed by atoms with Gasteiger partial charge in [0.1, 0.15) is 5.01 Å². The van der Waals surface area contributed by atoms with Crippen molar-refractivity contribution in [3.05, 3.63) is 82.9 Å². The summed E-state index contributed by atoms with van der Waals surface area (Å²) in [5.41, 5.74) is 4.29. The molecule has 0 saturated carbocycles. The Kier molecular flexibility index (Phi) is 5.15. The van der Waals surface area contributed by atoms with Crippen molar-refractivity contribution in [2.24, 2.45) is 0 Å². The standard InChI is InChI=1S/C24H21ClN2OS/c1-24(2,3)17-11-8-15(9-12-17)22(28)26-20-14-16(10-13-18(20)25)23-27-19-6-4-5-7-21(19)29-23/h4-14H,1-3H3,(H,26,28). The number of thiazole rings is 1. The molecule has 4 rings (SSSR count). The number of nitrogens with one attached hydrogen (secondary N) is 1. The molecule has 0 fully saturated rings. The highest BCUT2D eigenvalue weighted by molar-refractivity contribution is 7.21. The minimum absolute atomic E-state index is 0.0455. The first-order valence-electron chi connectivity index (χ1n) is 9.39. The normalized spacial score (nSPS) is 11.6. The predicted molar refractivity (Wildman–Crippen MR) is 123 cm³/mol. The molecule has 3 aromatic carbocycles. The number of carbonyl (C=O) groups excluding carboxylic acids is 1. The second kappa shape index (κ2) is 7.62. The average molecular weight is 421 g/mol. The van der Waals surface area contributed by atoms with Crippen molar-refractivity contribution in [1.82, 2.24) is 4.98 Å². The molecule has 29 heavy (non-hydrogen) atoms. The van der Waals surface area contributed by atoms with E-state index < -0.39 is 0 Å². The number of hydrogen-bond donors (Lipinski definition) is 1. The van der Waals surface area contributed by atoms with E-state index in [2.05, 4.69) is 37.1 Å². The van der Waals surface area contributed by atoms with E-state index in [-0.39, 0.29) is 11.3 Å². The first kappa shape index (κ1) is 19.6. The van der Waals surface area contributed by atoms with Gasteiger partial charge in [-0.05, 0) is 47.4 Å². The minimum atomic E-state index is -0.186. The zero-order valence-corrected chi connectivity index (χ0v) is 18.1. The Morgan fingerprint density at radius 1 is 1.00 bits per heavy atom. The molecule has 0 saturated heterocycles. The van der Waals surface area contributed by atoms with E-state index in [0.717, 1.165) is 20.8 Å². The third-order valence-corrected chi connectivity index (χ3v) is 6.18. The van der Waals surface area contributed by atoms with Gasteiger partial charge >= 0.3 is 0 Å². The summed E-state index contributed by atoms with van der Waals surface area (Å²) in [6.45, 7) is 6.44. The van der Waals surface area contributed by atoms with Crippen LogP contribution in [0.2, 0.25) is 5.02 Å². The molecule has 0 spiro atoms. The lowest BCUT2D eigenvalue weighted by atomic mass is 9.87. The second-order valence-electron chi connectivity index (χ2n) is 7.96. The van der Waals surface area contributed by atoms with Crippen molar-refractivity contribution in [1.29, 1.82) is 0 Å². The largest absolute Gasteiger partial charge is 0.321 e. The van der Waals surface area contributed by atoms with Crippen LogP contribution in [0.5, 0.6) is 0 Å². The van der Waals surface area contributed by atoms with Crippen LogP contribution in [-0.2, 0) is 5.41 Å². The van der Waals surface area contributed by atoms with Crippen LogP contribution in [0.1, 0.15) is 36.7 Å². The second-order valence-corrected chi connectivity index (χ2v) is 9.40. The van der Waals surface area contributed by atoms with Crippen molar-refractivity contribution in [2.75, 3.05) is 5.32 Å². The Morgan fingerprint density at radius 3 is 2.41 bits per heavy atom. The SMILES string of the molecule is CC(C)(C)c1ccc(C(=O)Nc2cc(-c3nc4ccccc4s3)ccc2Cl)cc1. The van der Waals surface area contributed by atoms with Gasteiger partial charge in [-0.2, -0.15) is 0 Å². The lowest BCUT2D eigenvalue weighted by Gasteiger charge is -2.19. The molecule has 0 atom stereocenters. The van der Waals surface area contributed by atoms with Gasteiger partial charge in [-0.15, -0.1) is 11.3 Å². The van der Waals surface area contributed by atoms with Crippen LogP contribution in [0.4, 0.5) is 5.69 Å². The molecule has 5 heteroatoms. The van der Waals surface area contributed by atoms with Gasteiger partial charge in [-0.25, -0.2) is 4.98 Å². The molecule has 4 aromatic rings. The van der Waals surface area contributed by atoms with Gasteiger partial charge in [0.25, 0.3) is 5.91 Å². The van der Waals surface area contributed by atoms with Crippen molar-refractivity contribution in [3.8, 4) is 10.6 Å².